The summed E-state index contributed by atoms with van der Waals surface area (Å²) in [4.78, 5) is 12.4. The Balaban J connectivity index is 1.71. The fraction of sp³-hybridized carbons (Fsp3) is 0.0500. The fourth-order valence-corrected chi connectivity index (χ4v) is 2.41. The molecule has 0 aromatic heterocycles. The van der Waals surface area contributed by atoms with Crippen LogP contribution in [0.2, 0.25) is 5.02 Å². The number of rotatable bonds is 4. The minimum absolute atomic E-state index is 0.188. The first-order valence-electron chi connectivity index (χ1n) is 7.53. The molecule has 0 bridgehead atoms. The lowest BCUT2D eigenvalue weighted by molar-refractivity contribution is 0.102. The minimum atomic E-state index is -0.188. The third-order valence-corrected chi connectivity index (χ3v) is 4.02. The van der Waals surface area contributed by atoms with Crippen LogP contribution < -0.4 is 10.1 Å². The van der Waals surface area contributed by atoms with Crippen LogP contribution in [0.15, 0.2) is 72.8 Å². The monoisotopic (exact) mass is 337 g/mol. The van der Waals surface area contributed by atoms with Crippen LogP contribution in [0.1, 0.15) is 15.9 Å². The van der Waals surface area contributed by atoms with E-state index in [0.29, 0.717) is 22.0 Å². The van der Waals surface area contributed by atoms with Crippen LogP contribution >= 0.6 is 11.6 Å². The number of carbonyl (C=O) groups is 1. The van der Waals surface area contributed by atoms with E-state index >= 15 is 0 Å². The lowest BCUT2D eigenvalue weighted by Gasteiger charge is -2.10. The summed E-state index contributed by atoms with van der Waals surface area (Å²) in [5.74, 6) is 1.24. The van der Waals surface area contributed by atoms with E-state index in [1.807, 2.05) is 49.4 Å². The third kappa shape index (κ3) is 3.76. The second-order valence-corrected chi connectivity index (χ2v) is 5.71. The quantitative estimate of drug-likeness (QED) is 0.663. The summed E-state index contributed by atoms with van der Waals surface area (Å²) in [7, 11) is 0. The minimum Gasteiger partial charge on any atom is -0.457 e. The first-order valence-corrected chi connectivity index (χ1v) is 7.91. The maximum Gasteiger partial charge on any atom is 0.255 e. The second-order valence-electron chi connectivity index (χ2n) is 5.31. The first kappa shape index (κ1) is 16.1. The highest BCUT2D eigenvalue weighted by Crippen LogP contribution is 2.24. The second kappa shape index (κ2) is 7.20. The van der Waals surface area contributed by atoms with Crippen LogP contribution in [0.4, 0.5) is 5.69 Å². The highest BCUT2D eigenvalue weighted by atomic mass is 35.5. The highest BCUT2D eigenvalue weighted by Gasteiger charge is 2.09. The lowest BCUT2D eigenvalue weighted by atomic mass is 10.1. The van der Waals surface area contributed by atoms with Gasteiger partial charge in [-0.25, -0.2) is 0 Å². The van der Waals surface area contributed by atoms with Gasteiger partial charge in [0.1, 0.15) is 11.5 Å². The smallest absolute Gasteiger partial charge is 0.255 e. The Morgan fingerprint density at radius 2 is 1.54 bits per heavy atom. The molecule has 0 aliphatic heterocycles. The summed E-state index contributed by atoms with van der Waals surface area (Å²) >= 11 is 6.07. The summed E-state index contributed by atoms with van der Waals surface area (Å²) in [5.41, 5.74) is 2.10. The molecule has 0 aliphatic rings. The van der Waals surface area contributed by atoms with Crippen LogP contribution in [0.5, 0.6) is 11.5 Å². The summed E-state index contributed by atoms with van der Waals surface area (Å²) in [6, 6.07) is 21.9. The van der Waals surface area contributed by atoms with Gasteiger partial charge in [-0.3, -0.25) is 4.79 Å². The van der Waals surface area contributed by atoms with Crippen molar-refractivity contribution in [2.24, 2.45) is 0 Å². The van der Waals surface area contributed by atoms with E-state index in [2.05, 4.69) is 5.32 Å². The number of ether oxygens (including phenoxy) is 1. The van der Waals surface area contributed by atoms with Gasteiger partial charge in [0.15, 0.2) is 0 Å². The number of carbonyl (C=O) groups excluding carboxylic acids is 1. The van der Waals surface area contributed by atoms with Crippen molar-refractivity contribution in [1.29, 1.82) is 0 Å². The van der Waals surface area contributed by atoms with Crippen LogP contribution in [0, 0.1) is 6.92 Å². The lowest BCUT2D eigenvalue weighted by Crippen LogP contribution is -2.12. The molecule has 0 spiro atoms. The van der Waals surface area contributed by atoms with Crippen molar-refractivity contribution in [2.75, 3.05) is 5.32 Å². The molecular weight excluding hydrogens is 322 g/mol. The van der Waals surface area contributed by atoms with E-state index in [-0.39, 0.29) is 5.91 Å². The van der Waals surface area contributed by atoms with Crippen molar-refractivity contribution in [3.63, 3.8) is 0 Å². The summed E-state index contributed by atoms with van der Waals surface area (Å²) in [5, 5.41) is 3.50. The summed E-state index contributed by atoms with van der Waals surface area (Å²) < 4.78 is 5.72. The van der Waals surface area contributed by atoms with E-state index in [0.717, 1.165) is 11.3 Å². The molecule has 0 aliphatic carbocycles. The van der Waals surface area contributed by atoms with E-state index in [9.17, 15) is 4.79 Å². The normalized spacial score (nSPS) is 10.2. The maximum absolute atomic E-state index is 12.4. The molecule has 0 radical (unpaired) electrons. The van der Waals surface area contributed by atoms with Gasteiger partial charge in [-0.15, -0.1) is 0 Å². The third-order valence-electron chi connectivity index (χ3n) is 3.61. The number of hydrogen-bond donors (Lipinski definition) is 1. The Morgan fingerprint density at radius 1 is 0.875 bits per heavy atom. The van der Waals surface area contributed by atoms with Crippen molar-refractivity contribution in [3.05, 3.63) is 88.9 Å². The van der Waals surface area contributed by atoms with E-state index in [1.165, 1.54) is 0 Å². The van der Waals surface area contributed by atoms with Crippen LogP contribution in [0.3, 0.4) is 0 Å². The number of benzene rings is 3. The van der Waals surface area contributed by atoms with Gasteiger partial charge < -0.3 is 10.1 Å². The van der Waals surface area contributed by atoms with Crippen molar-refractivity contribution >= 4 is 23.2 Å². The van der Waals surface area contributed by atoms with Gasteiger partial charge in [0.2, 0.25) is 0 Å². The molecular formula is C20H16ClNO2. The van der Waals surface area contributed by atoms with Crippen LogP contribution in [-0.4, -0.2) is 5.91 Å². The molecule has 24 heavy (non-hydrogen) atoms. The predicted octanol–water partition coefficient (Wildman–Crippen LogP) is 5.69. The number of amides is 1. The van der Waals surface area contributed by atoms with Crippen LogP contribution in [0.25, 0.3) is 0 Å². The summed E-state index contributed by atoms with van der Waals surface area (Å²) in [6.07, 6.45) is 0. The molecule has 0 fully saturated rings. The standard InChI is InChI=1S/C20H16ClNO2/c1-14-18(21)8-5-9-19(14)22-20(23)15-10-12-17(13-11-15)24-16-6-3-2-4-7-16/h2-13H,1H3,(H,22,23). The zero-order valence-electron chi connectivity index (χ0n) is 13.1. The zero-order chi connectivity index (χ0) is 16.9. The Labute approximate surface area is 145 Å². The molecule has 1 N–H and O–H groups in total. The largest absolute Gasteiger partial charge is 0.457 e. The number of halogens is 1. The zero-order valence-corrected chi connectivity index (χ0v) is 13.9. The molecule has 0 unspecified atom stereocenters. The first-order chi connectivity index (χ1) is 11.6. The predicted molar refractivity (Wildman–Crippen MR) is 97.1 cm³/mol. The maximum atomic E-state index is 12.4. The molecule has 4 heteroatoms. The number of nitrogens with one attached hydrogen (secondary N) is 1. The van der Waals surface area contributed by atoms with Crippen molar-refractivity contribution in [2.45, 2.75) is 6.92 Å². The van der Waals surface area contributed by atoms with Gasteiger partial charge in [0.25, 0.3) is 5.91 Å². The molecule has 3 aromatic rings. The van der Waals surface area contributed by atoms with Gasteiger partial charge in [-0.05, 0) is 61.0 Å². The van der Waals surface area contributed by atoms with Crippen LogP contribution in [-0.2, 0) is 0 Å². The SMILES string of the molecule is Cc1c(Cl)cccc1NC(=O)c1ccc(Oc2ccccc2)cc1. The van der Waals surface area contributed by atoms with Gasteiger partial charge in [-0.2, -0.15) is 0 Å². The summed E-state index contributed by atoms with van der Waals surface area (Å²) in [6.45, 7) is 1.87. The van der Waals surface area contributed by atoms with Gasteiger partial charge >= 0.3 is 0 Å². The number of para-hydroxylation sites is 1. The van der Waals surface area contributed by atoms with Crippen molar-refractivity contribution in [3.8, 4) is 11.5 Å². The topological polar surface area (TPSA) is 38.3 Å². The van der Waals surface area contributed by atoms with E-state index < -0.39 is 0 Å². The van der Waals surface area contributed by atoms with E-state index in [4.69, 9.17) is 16.3 Å². The van der Waals surface area contributed by atoms with Crippen molar-refractivity contribution in [1.82, 2.24) is 0 Å². The molecule has 0 heterocycles. The number of anilines is 1. The number of hydrogen-bond acceptors (Lipinski definition) is 2. The van der Waals surface area contributed by atoms with Gasteiger partial charge in [0.05, 0.1) is 0 Å². The molecule has 3 nitrogen and oxygen atoms in total. The molecule has 3 aromatic carbocycles. The fourth-order valence-electron chi connectivity index (χ4n) is 2.24. The average molecular weight is 338 g/mol. The Morgan fingerprint density at radius 3 is 2.25 bits per heavy atom. The molecule has 1 amide bonds. The highest BCUT2D eigenvalue weighted by molar-refractivity contribution is 6.31. The van der Waals surface area contributed by atoms with Crippen molar-refractivity contribution < 1.29 is 9.53 Å². The van der Waals surface area contributed by atoms with Gasteiger partial charge in [-0.1, -0.05) is 35.9 Å². The molecule has 0 saturated heterocycles. The molecule has 120 valence electrons. The average Bonchev–Trinajstić information content (AvgIpc) is 2.60. The molecule has 0 saturated carbocycles. The Kier molecular flexibility index (Phi) is 4.82. The van der Waals surface area contributed by atoms with Gasteiger partial charge in [0, 0.05) is 16.3 Å². The molecule has 3 rings (SSSR count). The Hall–Kier alpha value is -2.78. The Bertz CT molecular complexity index is 845. The molecule has 0 atom stereocenters. The van der Waals surface area contributed by atoms with E-state index in [1.54, 1.807) is 30.3 Å².